The van der Waals surface area contributed by atoms with Crippen LogP contribution in [0.2, 0.25) is 0 Å². The third-order valence-corrected chi connectivity index (χ3v) is 5.55. The van der Waals surface area contributed by atoms with Crippen LogP contribution < -0.4 is 0 Å². The minimum Gasteiger partial charge on any atom is -0.447 e. The smallest absolute Gasteiger partial charge is 0.275 e. The van der Waals surface area contributed by atoms with Crippen LogP contribution >= 0.6 is 0 Å². The van der Waals surface area contributed by atoms with Gasteiger partial charge in [0.15, 0.2) is 5.69 Å². The predicted octanol–water partition coefficient (Wildman–Crippen LogP) is 4.81. The molecule has 156 valence electrons. The summed E-state index contributed by atoms with van der Waals surface area (Å²) in [7, 11) is 0. The van der Waals surface area contributed by atoms with Crippen LogP contribution in [0.1, 0.15) is 52.3 Å². The summed E-state index contributed by atoms with van der Waals surface area (Å²) in [6, 6.07) is 19.0. The van der Waals surface area contributed by atoms with Crippen LogP contribution in [-0.4, -0.2) is 33.8 Å². The Labute approximate surface area is 178 Å². The summed E-state index contributed by atoms with van der Waals surface area (Å²) in [5.74, 6) is 0.566. The van der Waals surface area contributed by atoms with E-state index in [1.54, 1.807) is 0 Å². The molecule has 2 aromatic carbocycles. The lowest BCUT2D eigenvalue weighted by molar-refractivity contribution is 0.0718. The van der Waals surface area contributed by atoms with Gasteiger partial charge in [-0.05, 0) is 37.3 Å². The van der Waals surface area contributed by atoms with Crippen molar-refractivity contribution in [1.82, 2.24) is 14.8 Å². The Balaban J connectivity index is 1.47. The number of amides is 1. The van der Waals surface area contributed by atoms with Gasteiger partial charge in [-0.15, -0.1) is 0 Å². The SMILES string of the molecule is Cc1ccc(CN(Cc2ccccc2)Cc2nc(C(=O)N3CCCCC3)co2)cc1. The van der Waals surface area contributed by atoms with Crippen molar-refractivity contribution >= 4 is 5.91 Å². The van der Waals surface area contributed by atoms with E-state index < -0.39 is 0 Å². The predicted molar refractivity (Wildman–Crippen MR) is 117 cm³/mol. The Morgan fingerprint density at radius 2 is 1.60 bits per heavy atom. The van der Waals surface area contributed by atoms with Crippen molar-refractivity contribution < 1.29 is 9.21 Å². The second-order valence-electron chi connectivity index (χ2n) is 8.10. The molecule has 0 spiro atoms. The van der Waals surface area contributed by atoms with Crippen LogP contribution in [0.25, 0.3) is 0 Å². The van der Waals surface area contributed by atoms with E-state index in [0.29, 0.717) is 18.1 Å². The van der Waals surface area contributed by atoms with Gasteiger partial charge < -0.3 is 9.32 Å². The molecule has 1 aliphatic rings. The fourth-order valence-electron chi connectivity index (χ4n) is 3.89. The number of carbonyl (C=O) groups is 1. The van der Waals surface area contributed by atoms with Crippen molar-refractivity contribution in [2.24, 2.45) is 0 Å². The molecule has 5 nitrogen and oxygen atoms in total. The summed E-state index contributed by atoms with van der Waals surface area (Å²) < 4.78 is 5.70. The lowest BCUT2D eigenvalue weighted by Crippen LogP contribution is -2.35. The van der Waals surface area contributed by atoms with Crippen LogP contribution in [0.4, 0.5) is 0 Å². The average Bonchev–Trinajstić information content (AvgIpc) is 3.24. The summed E-state index contributed by atoms with van der Waals surface area (Å²) in [6.45, 7) is 5.85. The van der Waals surface area contributed by atoms with E-state index in [2.05, 4.69) is 65.3 Å². The molecule has 4 rings (SSSR count). The highest BCUT2D eigenvalue weighted by Crippen LogP contribution is 2.17. The first-order valence-electron chi connectivity index (χ1n) is 10.7. The molecule has 1 saturated heterocycles. The molecule has 0 saturated carbocycles. The van der Waals surface area contributed by atoms with Gasteiger partial charge >= 0.3 is 0 Å². The third kappa shape index (κ3) is 5.36. The maximum Gasteiger partial charge on any atom is 0.275 e. The first kappa shape index (κ1) is 20.4. The summed E-state index contributed by atoms with van der Waals surface area (Å²) in [5.41, 5.74) is 4.15. The van der Waals surface area contributed by atoms with Gasteiger partial charge in [-0.1, -0.05) is 60.2 Å². The van der Waals surface area contributed by atoms with Crippen LogP contribution in [-0.2, 0) is 19.6 Å². The number of likely N-dealkylation sites (tertiary alicyclic amines) is 1. The number of piperidine rings is 1. The molecule has 0 atom stereocenters. The number of carbonyl (C=O) groups excluding carboxylic acids is 1. The number of benzene rings is 2. The van der Waals surface area contributed by atoms with Crippen molar-refractivity contribution in [3.05, 3.63) is 89.1 Å². The fourth-order valence-corrected chi connectivity index (χ4v) is 3.89. The quantitative estimate of drug-likeness (QED) is 0.568. The molecule has 2 heterocycles. The van der Waals surface area contributed by atoms with E-state index in [4.69, 9.17) is 4.42 Å². The highest BCUT2D eigenvalue weighted by atomic mass is 16.3. The van der Waals surface area contributed by atoms with E-state index in [9.17, 15) is 4.79 Å². The first-order chi connectivity index (χ1) is 14.7. The highest BCUT2D eigenvalue weighted by molar-refractivity contribution is 5.92. The summed E-state index contributed by atoms with van der Waals surface area (Å²) >= 11 is 0. The second-order valence-corrected chi connectivity index (χ2v) is 8.10. The minimum absolute atomic E-state index is 0.0159. The van der Waals surface area contributed by atoms with E-state index in [0.717, 1.165) is 39.0 Å². The van der Waals surface area contributed by atoms with Crippen molar-refractivity contribution in [3.8, 4) is 0 Å². The number of hydrogen-bond acceptors (Lipinski definition) is 4. The van der Waals surface area contributed by atoms with Gasteiger partial charge in [-0.2, -0.15) is 0 Å². The molecule has 1 aromatic heterocycles. The summed E-state index contributed by atoms with van der Waals surface area (Å²) in [6.07, 6.45) is 4.84. The molecule has 30 heavy (non-hydrogen) atoms. The van der Waals surface area contributed by atoms with E-state index in [1.165, 1.54) is 29.4 Å². The van der Waals surface area contributed by atoms with Crippen LogP contribution in [0.15, 0.2) is 65.3 Å². The van der Waals surface area contributed by atoms with Gasteiger partial charge in [0, 0.05) is 26.2 Å². The second kappa shape index (κ2) is 9.72. The standard InChI is InChI=1S/C25H29N3O2/c1-20-10-12-22(13-11-20)17-27(16-21-8-4-2-5-9-21)18-24-26-23(19-30-24)25(29)28-14-6-3-7-15-28/h2,4-5,8-13,19H,3,6-7,14-18H2,1H3. The summed E-state index contributed by atoms with van der Waals surface area (Å²) in [5, 5.41) is 0. The number of hydrogen-bond donors (Lipinski definition) is 0. The average molecular weight is 404 g/mol. The molecule has 1 aliphatic heterocycles. The van der Waals surface area contributed by atoms with E-state index in [-0.39, 0.29) is 5.91 Å². The zero-order chi connectivity index (χ0) is 20.8. The van der Waals surface area contributed by atoms with Crippen molar-refractivity contribution in [2.45, 2.75) is 45.8 Å². The lowest BCUT2D eigenvalue weighted by Gasteiger charge is -2.25. The van der Waals surface area contributed by atoms with Crippen molar-refractivity contribution in [2.75, 3.05) is 13.1 Å². The molecular weight excluding hydrogens is 374 g/mol. The normalized spacial score (nSPS) is 14.3. The zero-order valence-corrected chi connectivity index (χ0v) is 17.6. The molecular formula is C25H29N3O2. The van der Waals surface area contributed by atoms with Crippen LogP contribution in [0, 0.1) is 6.92 Å². The zero-order valence-electron chi connectivity index (χ0n) is 17.6. The van der Waals surface area contributed by atoms with E-state index in [1.807, 2.05) is 11.0 Å². The Morgan fingerprint density at radius 1 is 0.933 bits per heavy atom. The van der Waals surface area contributed by atoms with Crippen LogP contribution in [0.5, 0.6) is 0 Å². The van der Waals surface area contributed by atoms with Gasteiger partial charge in [0.1, 0.15) is 6.26 Å². The first-order valence-corrected chi connectivity index (χ1v) is 10.7. The van der Waals surface area contributed by atoms with Gasteiger partial charge in [0.2, 0.25) is 5.89 Å². The van der Waals surface area contributed by atoms with Crippen molar-refractivity contribution in [3.63, 3.8) is 0 Å². The number of aromatic nitrogens is 1. The molecule has 1 fully saturated rings. The van der Waals surface area contributed by atoms with Crippen molar-refractivity contribution in [1.29, 1.82) is 0 Å². The molecule has 0 radical (unpaired) electrons. The topological polar surface area (TPSA) is 49.6 Å². The summed E-state index contributed by atoms with van der Waals surface area (Å²) in [4.78, 5) is 21.4. The molecule has 3 aromatic rings. The Morgan fingerprint density at radius 3 is 2.30 bits per heavy atom. The van der Waals surface area contributed by atoms with Gasteiger partial charge in [-0.3, -0.25) is 9.69 Å². The number of aryl methyl sites for hydroxylation is 1. The molecule has 1 amide bonds. The number of nitrogens with zero attached hydrogens (tertiary/aromatic N) is 3. The third-order valence-electron chi connectivity index (χ3n) is 5.55. The Hall–Kier alpha value is -2.92. The highest BCUT2D eigenvalue weighted by Gasteiger charge is 2.22. The number of rotatable bonds is 7. The van der Waals surface area contributed by atoms with Gasteiger partial charge in [-0.25, -0.2) is 4.98 Å². The Bertz CT molecular complexity index is 944. The van der Waals surface area contributed by atoms with Gasteiger partial charge in [0.25, 0.3) is 5.91 Å². The number of oxazole rings is 1. The maximum atomic E-state index is 12.7. The molecule has 0 unspecified atom stereocenters. The van der Waals surface area contributed by atoms with Gasteiger partial charge in [0.05, 0.1) is 6.54 Å². The molecule has 0 bridgehead atoms. The monoisotopic (exact) mass is 403 g/mol. The lowest BCUT2D eigenvalue weighted by atomic mass is 10.1. The molecule has 0 N–H and O–H groups in total. The largest absolute Gasteiger partial charge is 0.447 e. The maximum absolute atomic E-state index is 12.7. The fraction of sp³-hybridized carbons (Fsp3) is 0.360. The molecule has 0 aliphatic carbocycles. The van der Waals surface area contributed by atoms with Crippen LogP contribution in [0.3, 0.4) is 0 Å². The van der Waals surface area contributed by atoms with E-state index >= 15 is 0 Å². The minimum atomic E-state index is -0.0159. The molecule has 5 heteroatoms. The Kier molecular flexibility index (Phi) is 6.60.